The monoisotopic (exact) mass is 420 g/mol. The van der Waals surface area contributed by atoms with Crippen molar-refractivity contribution in [1.82, 2.24) is 14.0 Å². The molecule has 11 heteroatoms. The Kier molecular flexibility index (Phi) is 5.90. The molecule has 11 nitrogen and oxygen atoms in total. The lowest BCUT2D eigenvalue weighted by Crippen LogP contribution is -2.42. The van der Waals surface area contributed by atoms with Crippen LogP contribution in [0.2, 0.25) is 0 Å². The summed E-state index contributed by atoms with van der Waals surface area (Å²) in [6.45, 7) is -0.856. The van der Waals surface area contributed by atoms with Crippen LogP contribution in [0, 0.1) is 11.8 Å². The van der Waals surface area contributed by atoms with Crippen molar-refractivity contribution >= 4 is 29.4 Å². The normalized spacial score (nSPS) is 20.9. The first-order valence-corrected chi connectivity index (χ1v) is 9.74. The molecule has 2 fully saturated rings. The maximum atomic E-state index is 12.4. The van der Waals surface area contributed by atoms with Crippen molar-refractivity contribution in [3.63, 3.8) is 0 Å². The Morgan fingerprint density at radius 3 is 2.13 bits per heavy atom. The molecule has 1 aliphatic carbocycles. The van der Waals surface area contributed by atoms with Gasteiger partial charge in [0.25, 0.3) is 5.56 Å². The number of nitrogens with zero attached hydrogens (tertiary/aromatic N) is 3. The highest BCUT2D eigenvalue weighted by Crippen LogP contribution is 2.37. The Hall–Kier alpha value is -3.24. The predicted molar refractivity (Wildman–Crippen MR) is 103 cm³/mol. The number of nitrogen functional groups attached to an aromatic ring is 1. The molecule has 1 aliphatic heterocycles. The van der Waals surface area contributed by atoms with Gasteiger partial charge >= 0.3 is 11.7 Å². The number of rotatable bonds is 6. The fraction of sp³-hybridized carbons (Fsp3) is 0.579. The second-order valence-corrected chi connectivity index (χ2v) is 7.63. The maximum Gasteiger partial charge on any atom is 0.332 e. The summed E-state index contributed by atoms with van der Waals surface area (Å²) in [4.78, 5) is 74.2. The Balaban J connectivity index is 1.59. The van der Waals surface area contributed by atoms with Crippen LogP contribution in [0.25, 0.3) is 0 Å². The van der Waals surface area contributed by atoms with Gasteiger partial charge < -0.3 is 10.5 Å². The average molecular weight is 420 g/mol. The zero-order chi connectivity index (χ0) is 22.2. The molecule has 0 bridgehead atoms. The highest BCUT2D eigenvalue weighted by molar-refractivity contribution is 6.05. The first-order valence-electron chi connectivity index (χ1n) is 9.74. The third kappa shape index (κ3) is 3.66. The second kappa shape index (κ2) is 8.25. The average Bonchev–Trinajstić information content (AvgIpc) is 2.98. The molecule has 2 N–H and O–H groups in total. The number of fused-ring (bicyclic) bond motifs is 1. The number of anilines is 1. The van der Waals surface area contributed by atoms with Crippen molar-refractivity contribution in [2.24, 2.45) is 25.9 Å². The van der Waals surface area contributed by atoms with Crippen molar-refractivity contribution in [2.75, 3.05) is 18.9 Å². The highest BCUT2D eigenvalue weighted by Gasteiger charge is 2.47. The lowest BCUT2D eigenvalue weighted by Gasteiger charge is -2.19. The van der Waals surface area contributed by atoms with Gasteiger partial charge in [0.1, 0.15) is 11.4 Å². The smallest absolute Gasteiger partial charge is 0.332 e. The fourth-order valence-corrected chi connectivity index (χ4v) is 4.07. The number of ketones is 1. The van der Waals surface area contributed by atoms with Gasteiger partial charge in [-0.15, -0.1) is 0 Å². The molecule has 162 valence electrons. The van der Waals surface area contributed by atoms with E-state index in [4.69, 9.17) is 10.5 Å². The molecule has 0 aromatic carbocycles. The minimum atomic E-state index is -0.882. The zero-order valence-electron chi connectivity index (χ0n) is 16.9. The van der Waals surface area contributed by atoms with Crippen LogP contribution in [-0.4, -0.2) is 50.8 Å². The SMILES string of the molecule is Cn1c(N)c(C(=O)COC(=O)CCN2C(=O)[C@H]3CCCC[C@H]3C2=O)c(=O)n(C)c1=O. The minimum absolute atomic E-state index is 0.110. The van der Waals surface area contributed by atoms with Gasteiger partial charge in [0.2, 0.25) is 17.6 Å². The number of Topliss-reactive ketones (excluding diaryl/α,β-unsaturated/α-hetero) is 1. The number of ether oxygens (including phenoxy) is 1. The van der Waals surface area contributed by atoms with Crippen LogP contribution in [0.15, 0.2) is 9.59 Å². The molecular weight excluding hydrogens is 396 g/mol. The van der Waals surface area contributed by atoms with Crippen molar-refractivity contribution in [2.45, 2.75) is 32.1 Å². The summed E-state index contributed by atoms with van der Waals surface area (Å²) in [7, 11) is 2.51. The third-order valence-electron chi connectivity index (χ3n) is 5.82. The number of carbonyl (C=O) groups is 4. The number of aromatic nitrogens is 2. The topological polar surface area (TPSA) is 151 Å². The molecule has 2 atom stereocenters. The second-order valence-electron chi connectivity index (χ2n) is 7.63. The van der Waals surface area contributed by atoms with E-state index in [0.29, 0.717) is 12.8 Å². The van der Waals surface area contributed by atoms with Crippen LogP contribution in [0.3, 0.4) is 0 Å². The summed E-state index contributed by atoms with van der Waals surface area (Å²) in [5.74, 6) is -3.07. The van der Waals surface area contributed by atoms with Crippen LogP contribution in [-0.2, 0) is 33.2 Å². The van der Waals surface area contributed by atoms with E-state index in [1.807, 2.05) is 0 Å². The summed E-state index contributed by atoms with van der Waals surface area (Å²) < 4.78 is 6.57. The van der Waals surface area contributed by atoms with E-state index in [1.165, 1.54) is 14.1 Å². The number of hydrogen-bond donors (Lipinski definition) is 1. The van der Waals surface area contributed by atoms with E-state index in [9.17, 15) is 28.8 Å². The van der Waals surface area contributed by atoms with Crippen molar-refractivity contribution in [1.29, 1.82) is 0 Å². The van der Waals surface area contributed by atoms with E-state index in [2.05, 4.69) is 0 Å². The van der Waals surface area contributed by atoms with Crippen molar-refractivity contribution < 1.29 is 23.9 Å². The van der Waals surface area contributed by atoms with Crippen LogP contribution >= 0.6 is 0 Å². The number of nitrogens with two attached hydrogens (primary N) is 1. The van der Waals surface area contributed by atoms with E-state index in [1.54, 1.807) is 0 Å². The van der Waals surface area contributed by atoms with Crippen molar-refractivity contribution in [3.8, 4) is 0 Å². The molecule has 1 saturated heterocycles. The molecule has 1 saturated carbocycles. The molecule has 0 radical (unpaired) electrons. The molecule has 0 unspecified atom stereocenters. The lowest BCUT2D eigenvalue weighted by molar-refractivity contribution is -0.145. The van der Waals surface area contributed by atoms with Gasteiger partial charge in [0.05, 0.1) is 18.3 Å². The molecule has 2 amide bonds. The summed E-state index contributed by atoms with van der Waals surface area (Å²) in [6, 6.07) is 0. The van der Waals surface area contributed by atoms with E-state index in [-0.39, 0.29) is 42.4 Å². The Morgan fingerprint density at radius 1 is 1.00 bits per heavy atom. The molecule has 2 aliphatic rings. The number of hydrogen-bond acceptors (Lipinski definition) is 8. The van der Waals surface area contributed by atoms with E-state index in [0.717, 1.165) is 26.9 Å². The Bertz CT molecular complexity index is 1010. The standard InChI is InChI=1S/C19H24N4O7/c1-21-15(20)14(18(28)22(2)19(21)29)12(24)9-30-13(25)7-8-23-16(26)10-5-3-4-6-11(10)17(23)27/h10-11H,3-9,20H2,1-2H3/t10-,11+. The summed E-state index contributed by atoms with van der Waals surface area (Å²) in [6.07, 6.45) is 2.92. The van der Waals surface area contributed by atoms with Crippen LogP contribution in [0.5, 0.6) is 0 Å². The van der Waals surface area contributed by atoms with Gasteiger partial charge in [0, 0.05) is 20.6 Å². The summed E-state index contributed by atoms with van der Waals surface area (Å²) >= 11 is 0. The first kappa shape index (κ1) is 21.5. The molecule has 30 heavy (non-hydrogen) atoms. The van der Waals surface area contributed by atoms with Gasteiger partial charge in [-0.25, -0.2) is 4.79 Å². The van der Waals surface area contributed by atoms with Gasteiger partial charge in [-0.1, -0.05) is 12.8 Å². The fourth-order valence-electron chi connectivity index (χ4n) is 4.07. The van der Waals surface area contributed by atoms with Gasteiger partial charge in [0.15, 0.2) is 6.61 Å². The van der Waals surface area contributed by atoms with E-state index < -0.39 is 35.2 Å². The molecule has 2 heterocycles. The number of carbonyl (C=O) groups excluding carboxylic acids is 4. The zero-order valence-corrected chi connectivity index (χ0v) is 16.9. The molecule has 1 aromatic heterocycles. The highest BCUT2D eigenvalue weighted by atomic mass is 16.5. The lowest BCUT2D eigenvalue weighted by atomic mass is 9.81. The van der Waals surface area contributed by atoms with Gasteiger partial charge in [-0.2, -0.15) is 0 Å². The summed E-state index contributed by atoms with van der Waals surface area (Å²) in [5, 5.41) is 0. The van der Waals surface area contributed by atoms with E-state index >= 15 is 0 Å². The number of likely N-dealkylation sites (tertiary alicyclic amines) is 1. The third-order valence-corrected chi connectivity index (χ3v) is 5.82. The number of imide groups is 1. The van der Waals surface area contributed by atoms with Crippen LogP contribution in [0.1, 0.15) is 42.5 Å². The summed E-state index contributed by atoms with van der Waals surface area (Å²) in [5.41, 5.74) is 3.68. The Morgan fingerprint density at radius 2 is 1.57 bits per heavy atom. The quantitative estimate of drug-likeness (QED) is 0.348. The minimum Gasteiger partial charge on any atom is -0.457 e. The van der Waals surface area contributed by atoms with Gasteiger partial charge in [-0.3, -0.25) is 38.0 Å². The number of esters is 1. The van der Waals surface area contributed by atoms with Gasteiger partial charge in [-0.05, 0) is 12.8 Å². The predicted octanol–water partition coefficient (Wildman–Crippen LogP) is -1.04. The molecule has 3 rings (SSSR count). The molecule has 1 aromatic rings. The largest absolute Gasteiger partial charge is 0.457 e. The molecule has 0 spiro atoms. The van der Waals surface area contributed by atoms with Crippen molar-refractivity contribution in [3.05, 3.63) is 26.4 Å². The first-order chi connectivity index (χ1) is 14.1. The maximum absolute atomic E-state index is 12.4. The van der Waals surface area contributed by atoms with Crippen LogP contribution < -0.4 is 17.0 Å². The Labute approximate surface area is 171 Å². The van der Waals surface area contributed by atoms with Crippen LogP contribution in [0.4, 0.5) is 5.82 Å². The molecular formula is C19H24N4O7. The number of amides is 2.